The number of halogens is 1. The van der Waals surface area contributed by atoms with Crippen molar-refractivity contribution in [1.29, 1.82) is 0 Å². The predicted octanol–water partition coefficient (Wildman–Crippen LogP) is 2.82. The molecular formula is C20H35IN4O2. The summed E-state index contributed by atoms with van der Waals surface area (Å²) in [5.41, 5.74) is 1.15. The van der Waals surface area contributed by atoms with E-state index in [1.807, 2.05) is 19.2 Å². The molecule has 2 rings (SSSR count). The summed E-state index contributed by atoms with van der Waals surface area (Å²) in [6.07, 6.45) is 2.35. The number of hydrogen-bond acceptors (Lipinski definition) is 4. The quantitative estimate of drug-likeness (QED) is 0.328. The van der Waals surface area contributed by atoms with Crippen LogP contribution in [0, 0.1) is 0 Å². The molecule has 0 aliphatic carbocycles. The molecule has 0 aromatic heterocycles. The van der Waals surface area contributed by atoms with E-state index in [1.165, 1.54) is 12.8 Å². The van der Waals surface area contributed by atoms with Gasteiger partial charge in [-0.2, -0.15) is 0 Å². The van der Waals surface area contributed by atoms with E-state index in [9.17, 15) is 0 Å². The second-order valence-corrected chi connectivity index (χ2v) is 6.59. The standard InChI is InChI=1S/C20H34N4O2.HI/c1-4-5-10-23(3)20(21-2)22-17-18-8-6-7-9-19(18)26-16-13-24-11-14-25-15-12-24;/h6-9H,4-5,10-17H2,1-3H3,(H,21,22);1H. The molecule has 27 heavy (non-hydrogen) atoms. The van der Waals surface area contributed by atoms with E-state index in [0.717, 1.165) is 56.7 Å². The SMILES string of the molecule is CCCCN(C)C(=NC)NCc1ccccc1OCCN1CCOCC1.I. The molecule has 154 valence electrons. The molecule has 7 heteroatoms. The number of hydrogen-bond donors (Lipinski definition) is 1. The first kappa shape index (κ1) is 24.0. The molecule has 1 aromatic rings. The van der Waals surface area contributed by atoms with Crippen LogP contribution in [0.5, 0.6) is 5.75 Å². The van der Waals surface area contributed by atoms with Crippen molar-refractivity contribution in [2.75, 3.05) is 60.1 Å². The summed E-state index contributed by atoms with van der Waals surface area (Å²) >= 11 is 0. The van der Waals surface area contributed by atoms with Crippen molar-refractivity contribution < 1.29 is 9.47 Å². The zero-order valence-corrected chi connectivity index (χ0v) is 19.3. The summed E-state index contributed by atoms with van der Waals surface area (Å²) in [7, 11) is 3.91. The number of benzene rings is 1. The number of nitrogens with one attached hydrogen (secondary N) is 1. The van der Waals surface area contributed by atoms with Crippen molar-refractivity contribution in [2.24, 2.45) is 4.99 Å². The van der Waals surface area contributed by atoms with Crippen LogP contribution in [-0.4, -0.2) is 75.9 Å². The molecule has 0 amide bonds. The molecule has 0 saturated carbocycles. The Labute approximate surface area is 181 Å². The fraction of sp³-hybridized carbons (Fsp3) is 0.650. The molecule has 0 atom stereocenters. The van der Waals surface area contributed by atoms with Crippen molar-refractivity contribution in [3.63, 3.8) is 0 Å². The van der Waals surface area contributed by atoms with E-state index in [2.05, 4.69) is 46.2 Å². The minimum atomic E-state index is 0. The fourth-order valence-electron chi connectivity index (χ4n) is 2.96. The van der Waals surface area contributed by atoms with Gasteiger partial charge in [0.15, 0.2) is 5.96 Å². The smallest absolute Gasteiger partial charge is 0.193 e. The number of rotatable bonds is 9. The molecule has 0 spiro atoms. The van der Waals surface area contributed by atoms with Gasteiger partial charge in [0.1, 0.15) is 12.4 Å². The highest BCUT2D eigenvalue weighted by Crippen LogP contribution is 2.18. The molecule has 1 saturated heterocycles. The van der Waals surface area contributed by atoms with Crippen molar-refractivity contribution in [3.8, 4) is 5.75 Å². The highest BCUT2D eigenvalue weighted by atomic mass is 127. The van der Waals surface area contributed by atoms with E-state index in [4.69, 9.17) is 9.47 Å². The summed E-state index contributed by atoms with van der Waals surface area (Å²) in [6, 6.07) is 8.22. The van der Waals surface area contributed by atoms with Crippen LogP contribution >= 0.6 is 24.0 Å². The number of unbranched alkanes of at least 4 members (excludes halogenated alkanes) is 1. The van der Waals surface area contributed by atoms with E-state index >= 15 is 0 Å². The summed E-state index contributed by atoms with van der Waals surface area (Å²) in [5, 5.41) is 3.44. The Hall–Kier alpha value is -1.06. The number of morpholine rings is 1. The normalized spacial score (nSPS) is 15.1. The van der Waals surface area contributed by atoms with Crippen LogP contribution in [0.25, 0.3) is 0 Å². The number of aliphatic imine (C=N–C) groups is 1. The Bertz CT molecular complexity index is 551. The lowest BCUT2D eigenvalue weighted by Crippen LogP contribution is -2.39. The summed E-state index contributed by atoms with van der Waals surface area (Å²) < 4.78 is 11.4. The summed E-state index contributed by atoms with van der Waals surface area (Å²) in [5.74, 6) is 1.86. The lowest BCUT2D eigenvalue weighted by molar-refractivity contribution is 0.0322. The maximum atomic E-state index is 6.06. The van der Waals surface area contributed by atoms with Gasteiger partial charge in [-0.25, -0.2) is 0 Å². The highest BCUT2D eigenvalue weighted by Gasteiger charge is 2.11. The minimum absolute atomic E-state index is 0. The number of ether oxygens (including phenoxy) is 2. The first-order chi connectivity index (χ1) is 12.7. The predicted molar refractivity (Wildman–Crippen MR) is 122 cm³/mol. The van der Waals surface area contributed by atoms with Gasteiger partial charge in [0, 0.05) is 52.4 Å². The van der Waals surface area contributed by atoms with Gasteiger partial charge < -0.3 is 19.7 Å². The lowest BCUT2D eigenvalue weighted by Gasteiger charge is -2.26. The van der Waals surface area contributed by atoms with Crippen molar-refractivity contribution >= 4 is 29.9 Å². The largest absolute Gasteiger partial charge is 0.492 e. The van der Waals surface area contributed by atoms with Crippen molar-refractivity contribution in [3.05, 3.63) is 29.8 Å². The molecular weight excluding hydrogens is 455 g/mol. The number of nitrogens with zero attached hydrogens (tertiary/aromatic N) is 3. The Balaban J connectivity index is 0.00000364. The van der Waals surface area contributed by atoms with Gasteiger partial charge >= 0.3 is 0 Å². The molecule has 1 fully saturated rings. The van der Waals surface area contributed by atoms with Crippen LogP contribution in [0.3, 0.4) is 0 Å². The van der Waals surface area contributed by atoms with E-state index < -0.39 is 0 Å². The van der Waals surface area contributed by atoms with Gasteiger partial charge in [-0.1, -0.05) is 31.5 Å². The molecule has 0 bridgehead atoms. The van der Waals surface area contributed by atoms with Crippen LogP contribution < -0.4 is 10.1 Å². The Morgan fingerprint density at radius 2 is 2.04 bits per heavy atom. The average Bonchev–Trinajstić information content (AvgIpc) is 2.68. The van der Waals surface area contributed by atoms with E-state index in [0.29, 0.717) is 13.2 Å². The monoisotopic (exact) mass is 490 g/mol. The highest BCUT2D eigenvalue weighted by molar-refractivity contribution is 14.0. The third-order valence-corrected chi connectivity index (χ3v) is 4.60. The van der Waals surface area contributed by atoms with Gasteiger partial charge in [-0.05, 0) is 12.5 Å². The second kappa shape index (κ2) is 14.0. The maximum absolute atomic E-state index is 6.06. The Kier molecular flexibility index (Phi) is 12.4. The van der Waals surface area contributed by atoms with E-state index in [1.54, 1.807) is 0 Å². The first-order valence-corrected chi connectivity index (χ1v) is 9.67. The fourth-order valence-corrected chi connectivity index (χ4v) is 2.96. The van der Waals surface area contributed by atoms with Crippen molar-refractivity contribution in [2.45, 2.75) is 26.3 Å². The maximum Gasteiger partial charge on any atom is 0.193 e. The molecule has 1 N–H and O–H groups in total. The lowest BCUT2D eigenvalue weighted by atomic mass is 10.2. The van der Waals surface area contributed by atoms with Gasteiger partial charge in [0.05, 0.1) is 13.2 Å². The van der Waals surface area contributed by atoms with Gasteiger partial charge in [0.2, 0.25) is 0 Å². The summed E-state index contributed by atoms with van der Waals surface area (Å²) in [6.45, 7) is 9.18. The van der Waals surface area contributed by atoms with Crippen LogP contribution in [0.2, 0.25) is 0 Å². The zero-order valence-electron chi connectivity index (χ0n) is 16.9. The van der Waals surface area contributed by atoms with Crippen LogP contribution in [0.15, 0.2) is 29.3 Å². The van der Waals surface area contributed by atoms with Crippen LogP contribution in [0.4, 0.5) is 0 Å². The van der Waals surface area contributed by atoms with E-state index in [-0.39, 0.29) is 24.0 Å². The zero-order chi connectivity index (χ0) is 18.6. The molecule has 1 aromatic carbocycles. The molecule has 6 nitrogen and oxygen atoms in total. The van der Waals surface area contributed by atoms with Gasteiger partial charge in [-0.3, -0.25) is 9.89 Å². The first-order valence-electron chi connectivity index (χ1n) is 9.67. The van der Waals surface area contributed by atoms with Gasteiger partial charge in [-0.15, -0.1) is 24.0 Å². The molecule has 1 aliphatic heterocycles. The van der Waals surface area contributed by atoms with Gasteiger partial charge in [0.25, 0.3) is 0 Å². The molecule has 0 radical (unpaired) electrons. The minimum Gasteiger partial charge on any atom is -0.492 e. The topological polar surface area (TPSA) is 49.3 Å². The third-order valence-electron chi connectivity index (χ3n) is 4.60. The number of para-hydroxylation sites is 1. The second-order valence-electron chi connectivity index (χ2n) is 6.59. The number of guanidine groups is 1. The molecule has 1 aliphatic rings. The third kappa shape index (κ3) is 8.66. The average molecular weight is 490 g/mol. The van der Waals surface area contributed by atoms with Crippen LogP contribution in [-0.2, 0) is 11.3 Å². The Morgan fingerprint density at radius 1 is 1.30 bits per heavy atom. The molecule has 1 heterocycles. The Morgan fingerprint density at radius 3 is 2.74 bits per heavy atom. The van der Waals surface area contributed by atoms with Crippen molar-refractivity contribution in [1.82, 2.24) is 15.1 Å². The van der Waals surface area contributed by atoms with Crippen LogP contribution in [0.1, 0.15) is 25.3 Å². The molecule has 0 unspecified atom stereocenters. The summed E-state index contributed by atoms with van der Waals surface area (Å²) in [4.78, 5) is 8.94.